The van der Waals surface area contributed by atoms with E-state index in [4.69, 9.17) is 4.74 Å². The molecular weight excluding hydrogens is 292 g/mol. The maximum Gasteiger partial charge on any atom is 0.273 e. The van der Waals surface area contributed by atoms with Crippen LogP contribution >= 0.6 is 0 Å². The molecule has 0 aliphatic heterocycles. The first kappa shape index (κ1) is 17.3. The van der Waals surface area contributed by atoms with Gasteiger partial charge in [0.15, 0.2) is 0 Å². The molecule has 1 aromatic rings. The van der Waals surface area contributed by atoms with Crippen molar-refractivity contribution in [3.05, 3.63) is 29.8 Å². The first-order valence-corrected chi connectivity index (χ1v) is 8.12. The van der Waals surface area contributed by atoms with Crippen LogP contribution in [0.5, 0.6) is 5.75 Å². The van der Waals surface area contributed by atoms with Gasteiger partial charge < -0.3 is 4.74 Å². The predicted molar refractivity (Wildman–Crippen MR) is 89.0 cm³/mol. The Bertz CT molecular complexity index is 572. The van der Waals surface area contributed by atoms with E-state index in [1.807, 2.05) is 20.8 Å². The largest absolute Gasteiger partial charge is 0.496 e. The topological polar surface area (TPSA) is 58.6 Å². The number of rotatable bonds is 3. The molecule has 23 heavy (non-hydrogen) atoms. The molecule has 1 aliphatic carbocycles. The van der Waals surface area contributed by atoms with Crippen molar-refractivity contribution in [2.75, 3.05) is 7.11 Å². The normalized spacial score (nSPS) is 15.3. The second-order valence-electron chi connectivity index (χ2n) is 6.97. The number of hydrogen-bond donors (Lipinski definition) is 1. The van der Waals surface area contributed by atoms with E-state index in [-0.39, 0.29) is 17.7 Å². The van der Waals surface area contributed by atoms with Crippen molar-refractivity contribution in [2.45, 2.75) is 52.0 Å². The van der Waals surface area contributed by atoms with Gasteiger partial charge in [0.05, 0.1) is 18.2 Å². The van der Waals surface area contributed by atoms with E-state index in [0.29, 0.717) is 11.3 Å². The fourth-order valence-corrected chi connectivity index (χ4v) is 2.90. The SMILES string of the molecule is COc1ccccc1C(=O)NN(C(=O)C1CCCC1)C(C)(C)C. The molecule has 0 saturated heterocycles. The van der Waals surface area contributed by atoms with Crippen molar-refractivity contribution in [3.63, 3.8) is 0 Å². The van der Waals surface area contributed by atoms with E-state index in [1.165, 1.54) is 12.1 Å². The molecule has 5 heteroatoms. The van der Waals surface area contributed by atoms with E-state index in [2.05, 4.69) is 5.43 Å². The van der Waals surface area contributed by atoms with E-state index in [9.17, 15) is 9.59 Å². The summed E-state index contributed by atoms with van der Waals surface area (Å²) < 4.78 is 5.23. The third kappa shape index (κ3) is 4.03. The highest BCUT2D eigenvalue weighted by Gasteiger charge is 2.35. The third-order valence-electron chi connectivity index (χ3n) is 4.16. The summed E-state index contributed by atoms with van der Waals surface area (Å²) in [6.07, 6.45) is 3.95. The number of carbonyl (C=O) groups is 2. The van der Waals surface area contributed by atoms with Crippen LogP contribution in [0, 0.1) is 5.92 Å². The number of benzene rings is 1. The Balaban J connectivity index is 2.20. The Morgan fingerprint density at radius 2 is 1.78 bits per heavy atom. The molecule has 0 atom stereocenters. The molecule has 1 fully saturated rings. The number of nitrogens with one attached hydrogen (secondary N) is 1. The van der Waals surface area contributed by atoms with Crippen molar-refractivity contribution in [2.24, 2.45) is 5.92 Å². The standard InChI is InChI=1S/C18H26N2O3/c1-18(2,3)20(17(22)13-9-5-6-10-13)19-16(21)14-11-7-8-12-15(14)23-4/h7-8,11-13H,5-6,9-10H2,1-4H3,(H,19,21). The summed E-state index contributed by atoms with van der Waals surface area (Å²) in [5.74, 6) is 0.168. The average Bonchev–Trinajstić information content (AvgIpc) is 3.05. The van der Waals surface area contributed by atoms with Gasteiger partial charge in [0, 0.05) is 5.92 Å². The minimum absolute atomic E-state index is 0.00162. The van der Waals surface area contributed by atoms with Gasteiger partial charge >= 0.3 is 0 Å². The summed E-state index contributed by atoms with van der Waals surface area (Å²) in [5.41, 5.74) is 2.72. The molecule has 0 spiro atoms. The van der Waals surface area contributed by atoms with Gasteiger partial charge in [-0.3, -0.25) is 15.0 Å². The summed E-state index contributed by atoms with van der Waals surface area (Å²) in [4.78, 5) is 25.4. The van der Waals surface area contributed by atoms with Crippen molar-refractivity contribution >= 4 is 11.8 Å². The minimum atomic E-state index is -0.489. The number of hydrazine groups is 1. The maximum absolute atomic E-state index is 12.8. The Hall–Kier alpha value is -2.04. The highest BCUT2D eigenvalue weighted by atomic mass is 16.5. The third-order valence-corrected chi connectivity index (χ3v) is 4.16. The van der Waals surface area contributed by atoms with Crippen LogP contribution in [0.3, 0.4) is 0 Å². The molecule has 126 valence electrons. The summed E-state index contributed by atoms with van der Waals surface area (Å²) >= 11 is 0. The summed E-state index contributed by atoms with van der Waals surface area (Å²) in [6, 6.07) is 7.00. The van der Waals surface area contributed by atoms with Crippen LogP contribution in [0.2, 0.25) is 0 Å². The Morgan fingerprint density at radius 1 is 1.17 bits per heavy atom. The fourth-order valence-electron chi connectivity index (χ4n) is 2.90. The first-order valence-electron chi connectivity index (χ1n) is 8.12. The van der Waals surface area contributed by atoms with E-state index in [0.717, 1.165) is 25.7 Å². The van der Waals surface area contributed by atoms with Gasteiger partial charge in [-0.2, -0.15) is 0 Å². The number of carbonyl (C=O) groups excluding carboxylic acids is 2. The van der Waals surface area contributed by atoms with Crippen LogP contribution in [0.1, 0.15) is 56.8 Å². The van der Waals surface area contributed by atoms with Crippen LogP contribution in [0.15, 0.2) is 24.3 Å². The zero-order chi connectivity index (χ0) is 17.0. The predicted octanol–water partition coefficient (Wildman–Crippen LogP) is 3.16. The Labute approximate surface area is 138 Å². The van der Waals surface area contributed by atoms with E-state index in [1.54, 1.807) is 24.3 Å². The van der Waals surface area contributed by atoms with E-state index < -0.39 is 5.54 Å². The van der Waals surface area contributed by atoms with Gasteiger partial charge in [-0.15, -0.1) is 0 Å². The number of hydrogen-bond acceptors (Lipinski definition) is 3. The number of ether oxygens (including phenoxy) is 1. The lowest BCUT2D eigenvalue weighted by Crippen LogP contribution is -2.57. The van der Waals surface area contributed by atoms with Crippen LogP contribution < -0.4 is 10.2 Å². The Kier molecular flexibility index (Phi) is 5.29. The molecule has 1 aromatic carbocycles. The highest BCUT2D eigenvalue weighted by Crippen LogP contribution is 2.28. The average molecular weight is 318 g/mol. The van der Waals surface area contributed by atoms with Gasteiger partial charge in [0.1, 0.15) is 5.75 Å². The molecular formula is C18H26N2O3. The quantitative estimate of drug-likeness (QED) is 0.871. The number of amides is 2. The lowest BCUT2D eigenvalue weighted by molar-refractivity contribution is -0.143. The minimum Gasteiger partial charge on any atom is -0.496 e. The molecule has 1 aliphatic rings. The number of methoxy groups -OCH3 is 1. The summed E-state index contributed by atoms with van der Waals surface area (Å²) in [6.45, 7) is 5.76. The lowest BCUT2D eigenvalue weighted by Gasteiger charge is -2.37. The monoisotopic (exact) mass is 318 g/mol. The van der Waals surface area contributed by atoms with E-state index >= 15 is 0 Å². The molecule has 0 bridgehead atoms. The van der Waals surface area contributed by atoms with Crippen molar-refractivity contribution < 1.29 is 14.3 Å². The second kappa shape index (κ2) is 7.02. The highest BCUT2D eigenvalue weighted by molar-refractivity contribution is 5.98. The van der Waals surface area contributed by atoms with Crippen LogP contribution in [0.25, 0.3) is 0 Å². The van der Waals surface area contributed by atoms with Crippen molar-refractivity contribution in [1.29, 1.82) is 0 Å². The fraction of sp³-hybridized carbons (Fsp3) is 0.556. The van der Waals surface area contributed by atoms with Crippen molar-refractivity contribution in [1.82, 2.24) is 10.4 Å². The molecule has 0 radical (unpaired) electrons. The van der Waals surface area contributed by atoms with Gasteiger partial charge in [0.25, 0.3) is 5.91 Å². The van der Waals surface area contributed by atoms with Gasteiger partial charge in [-0.05, 0) is 45.7 Å². The van der Waals surface area contributed by atoms with Crippen LogP contribution in [0.4, 0.5) is 0 Å². The maximum atomic E-state index is 12.8. The number of nitrogens with zero attached hydrogens (tertiary/aromatic N) is 1. The molecule has 1 saturated carbocycles. The number of para-hydroxylation sites is 1. The first-order chi connectivity index (χ1) is 10.8. The summed E-state index contributed by atoms with van der Waals surface area (Å²) in [5, 5.41) is 1.48. The molecule has 1 N–H and O–H groups in total. The molecule has 0 unspecified atom stereocenters. The molecule has 5 nitrogen and oxygen atoms in total. The van der Waals surface area contributed by atoms with Gasteiger partial charge in [-0.25, -0.2) is 5.01 Å². The van der Waals surface area contributed by atoms with Gasteiger partial charge in [-0.1, -0.05) is 25.0 Å². The molecule has 2 amide bonds. The molecule has 2 rings (SSSR count). The molecule has 0 heterocycles. The Morgan fingerprint density at radius 3 is 2.35 bits per heavy atom. The van der Waals surface area contributed by atoms with Crippen LogP contribution in [-0.2, 0) is 4.79 Å². The zero-order valence-corrected chi connectivity index (χ0v) is 14.4. The van der Waals surface area contributed by atoms with Crippen LogP contribution in [-0.4, -0.2) is 29.5 Å². The van der Waals surface area contributed by atoms with Crippen molar-refractivity contribution in [3.8, 4) is 5.75 Å². The second-order valence-corrected chi connectivity index (χ2v) is 6.97. The molecule has 0 aromatic heterocycles. The lowest BCUT2D eigenvalue weighted by atomic mass is 10.0. The smallest absolute Gasteiger partial charge is 0.273 e. The summed E-state index contributed by atoms with van der Waals surface area (Å²) in [7, 11) is 1.53. The van der Waals surface area contributed by atoms with Gasteiger partial charge in [0.2, 0.25) is 5.91 Å². The zero-order valence-electron chi connectivity index (χ0n) is 14.4.